The largest absolute Gasteiger partial charge is 0.394 e. The van der Waals surface area contributed by atoms with E-state index in [0.29, 0.717) is 6.42 Å². The summed E-state index contributed by atoms with van der Waals surface area (Å²) in [6.07, 6.45) is 87.0. The van der Waals surface area contributed by atoms with Gasteiger partial charge in [0.1, 0.15) is 24.4 Å². The van der Waals surface area contributed by atoms with Gasteiger partial charge in [-0.3, -0.25) is 4.79 Å². The summed E-state index contributed by atoms with van der Waals surface area (Å²) < 4.78 is 11.3. The number of hydrogen-bond acceptors (Lipinski definition) is 8. The van der Waals surface area contributed by atoms with E-state index < -0.39 is 49.5 Å². The van der Waals surface area contributed by atoms with Crippen LogP contribution in [-0.2, 0) is 14.3 Å². The molecule has 0 aromatic carbocycles. The van der Waals surface area contributed by atoms with E-state index >= 15 is 0 Å². The first kappa shape index (κ1) is 81.4. The van der Waals surface area contributed by atoms with Crippen molar-refractivity contribution in [2.45, 2.75) is 384 Å². The lowest BCUT2D eigenvalue weighted by molar-refractivity contribution is -0.302. The molecule has 1 fully saturated rings. The Morgan fingerprint density at radius 2 is 0.721 bits per heavy atom. The second-order valence-corrected chi connectivity index (χ2v) is 25.4. The molecule has 0 radical (unpaired) electrons. The number of hydrogen-bond donors (Lipinski definition) is 6. The van der Waals surface area contributed by atoms with Gasteiger partial charge >= 0.3 is 0 Å². The number of unbranched alkanes of at least 4 members (excludes halogenated alkanes) is 42. The summed E-state index contributed by atoms with van der Waals surface area (Å²) in [5, 5.41) is 54.8. The fraction of sp³-hybridized carbons (Fsp3) is 0.805. The molecular weight excluding hydrogens is 1070 g/mol. The average Bonchev–Trinajstić information content (AvgIpc) is 2.44. The lowest BCUT2D eigenvalue weighted by atomic mass is 9.99. The summed E-state index contributed by atoms with van der Waals surface area (Å²) in [5.74, 6) is -0.173. The van der Waals surface area contributed by atoms with Crippen molar-refractivity contribution >= 4 is 5.91 Å². The van der Waals surface area contributed by atoms with Crippen LogP contribution < -0.4 is 5.32 Å². The molecule has 0 aromatic rings. The van der Waals surface area contributed by atoms with E-state index in [1.807, 2.05) is 6.08 Å². The van der Waals surface area contributed by atoms with Crippen molar-refractivity contribution in [3.05, 3.63) is 85.1 Å². The molecule has 1 aliphatic rings. The van der Waals surface area contributed by atoms with Gasteiger partial charge in [0.05, 0.1) is 25.4 Å². The van der Waals surface area contributed by atoms with Gasteiger partial charge in [0.25, 0.3) is 0 Å². The zero-order valence-corrected chi connectivity index (χ0v) is 56.1. The van der Waals surface area contributed by atoms with Gasteiger partial charge < -0.3 is 40.3 Å². The van der Waals surface area contributed by atoms with Gasteiger partial charge in [-0.25, -0.2) is 0 Å². The third kappa shape index (κ3) is 53.2. The van der Waals surface area contributed by atoms with Crippen LogP contribution in [0.5, 0.6) is 0 Å². The van der Waals surface area contributed by atoms with E-state index in [1.165, 1.54) is 244 Å². The maximum Gasteiger partial charge on any atom is 0.220 e. The number of aliphatic hydroxyl groups excluding tert-OH is 5. The highest BCUT2D eigenvalue weighted by Gasteiger charge is 2.44. The maximum absolute atomic E-state index is 13.1. The molecule has 0 aliphatic carbocycles. The zero-order chi connectivity index (χ0) is 62.1. The normalized spacial score (nSPS) is 18.5. The number of amides is 1. The second-order valence-electron chi connectivity index (χ2n) is 25.4. The summed E-state index contributed by atoms with van der Waals surface area (Å²) >= 11 is 0. The number of nitrogens with one attached hydrogen (secondary N) is 1. The lowest BCUT2D eigenvalue weighted by Crippen LogP contribution is -2.60. The minimum Gasteiger partial charge on any atom is -0.394 e. The molecule has 9 nitrogen and oxygen atoms in total. The van der Waals surface area contributed by atoms with Crippen molar-refractivity contribution < 1.29 is 39.8 Å². The smallest absolute Gasteiger partial charge is 0.220 e. The van der Waals surface area contributed by atoms with E-state index in [0.717, 1.165) is 77.0 Å². The van der Waals surface area contributed by atoms with Crippen LogP contribution in [0, 0.1) is 0 Å². The molecule has 0 bridgehead atoms. The molecule has 500 valence electrons. The first-order valence-corrected chi connectivity index (χ1v) is 36.8. The molecule has 1 saturated heterocycles. The van der Waals surface area contributed by atoms with Gasteiger partial charge in [-0.05, 0) is 70.6 Å². The van der Waals surface area contributed by atoms with Crippen molar-refractivity contribution in [3.63, 3.8) is 0 Å². The molecule has 0 aromatic heterocycles. The number of carbonyl (C=O) groups is 1. The molecule has 86 heavy (non-hydrogen) atoms. The summed E-state index contributed by atoms with van der Waals surface area (Å²) in [6.45, 7) is 3.71. The van der Waals surface area contributed by atoms with Crippen LogP contribution in [0.4, 0.5) is 0 Å². The fourth-order valence-corrected chi connectivity index (χ4v) is 11.5. The third-order valence-electron chi connectivity index (χ3n) is 17.2. The summed E-state index contributed by atoms with van der Waals surface area (Å²) in [4.78, 5) is 13.1. The predicted octanol–water partition coefficient (Wildman–Crippen LogP) is 20.5. The van der Waals surface area contributed by atoms with Crippen LogP contribution in [0.3, 0.4) is 0 Å². The topological polar surface area (TPSA) is 149 Å². The Morgan fingerprint density at radius 1 is 0.407 bits per heavy atom. The quantitative estimate of drug-likeness (QED) is 0.0261. The van der Waals surface area contributed by atoms with Crippen LogP contribution in [-0.4, -0.2) is 87.5 Å². The van der Waals surface area contributed by atoms with Crippen molar-refractivity contribution in [2.24, 2.45) is 0 Å². The number of carbonyl (C=O) groups excluding carboxylic acids is 1. The first-order chi connectivity index (χ1) is 42.3. The number of aliphatic hydroxyl groups is 5. The van der Waals surface area contributed by atoms with Gasteiger partial charge in [0, 0.05) is 6.42 Å². The van der Waals surface area contributed by atoms with Crippen molar-refractivity contribution in [2.75, 3.05) is 13.2 Å². The Balaban J connectivity index is 2.10. The standard InChI is InChI=1S/C77H139NO8/c1-3-5-7-9-11-13-15-17-19-21-23-25-27-29-31-32-33-34-35-36-37-38-39-40-41-43-45-47-49-51-53-55-57-59-61-63-65-67-73(81)78-70(69-85-77-76(84)75(83)74(82)72(68-79)86-77)71(80)66-64-62-60-58-56-54-52-50-48-46-44-42-30-28-26-24-22-20-18-16-14-12-10-8-6-4-2/h5,7,11,13,17,19,23,25,29,31,33-34,64,66,70-72,74-77,79-80,82-84H,3-4,6,8-10,12,14-16,18,20-22,24,26-28,30,32,35-63,65,67-69H2,1-2H3,(H,78,81)/b7-5-,13-11-,19-17-,25-23-,31-29-,34-33-,66-64+. The van der Waals surface area contributed by atoms with Gasteiger partial charge in [0.15, 0.2) is 6.29 Å². The molecule has 7 atom stereocenters. The average molecular weight is 1210 g/mol. The van der Waals surface area contributed by atoms with Gasteiger partial charge in [-0.15, -0.1) is 0 Å². The monoisotopic (exact) mass is 1210 g/mol. The molecule has 0 spiro atoms. The first-order valence-electron chi connectivity index (χ1n) is 36.8. The van der Waals surface area contributed by atoms with Crippen molar-refractivity contribution in [1.29, 1.82) is 0 Å². The molecule has 1 rings (SSSR count). The fourth-order valence-electron chi connectivity index (χ4n) is 11.5. The van der Waals surface area contributed by atoms with E-state index in [1.54, 1.807) is 6.08 Å². The minimum atomic E-state index is -1.57. The molecule has 1 heterocycles. The number of ether oxygens (including phenoxy) is 2. The summed E-state index contributed by atoms with van der Waals surface area (Å²) in [6, 6.07) is -0.809. The Kier molecular flexibility index (Phi) is 61.8. The van der Waals surface area contributed by atoms with E-state index in [9.17, 15) is 30.3 Å². The molecule has 6 N–H and O–H groups in total. The second kappa shape index (κ2) is 65.3. The summed E-state index contributed by atoms with van der Waals surface area (Å²) in [7, 11) is 0. The highest BCUT2D eigenvalue weighted by molar-refractivity contribution is 5.76. The Morgan fingerprint density at radius 3 is 1.07 bits per heavy atom. The van der Waals surface area contributed by atoms with E-state index in [2.05, 4.69) is 92.1 Å². The highest BCUT2D eigenvalue weighted by Crippen LogP contribution is 2.23. The zero-order valence-electron chi connectivity index (χ0n) is 56.1. The molecular formula is C77H139NO8. The van der Waals surface area contributed by atoms with E-state index in [4.69, 9.17) is 9.47 Å². The molecule has 0 saturated carbocycles. The molecule has 1 aliphatic heterocycles. The van der Waals surface area contributed by atoms with Gasteiger partial charge in [-0.2, -0.15) is 0 Å². The van der Waals surface area contributed by atoms with Crippen LogP contribution in [0.1, 0.15) is 341 Å². The summed E-state index contributed by atoms with van der Waals surface area (Å²) in [5.41, 5.74) is 0. The molecule has 9 heteroatoms. The number of allylic oxidation sites excluding steroid dienone is 13. The predicted molar refractivity (Wildman–Crippen MR) is 368 cm³/mol. The van der Waals surface area contributed by atoms with Crippen LogP contribution >= 0.6 is 0 Å². The third-order valence-corrected chi connectivity index (χ3v) is 17.2. The SMILES string of the molecule is CC/C=C\C/C=C\C/C=C\C/C=C\C/C=C\C/C=C\CCCCCCCCCCCCCCCCCCCCC(=O)NC(COC1OC(CO)C(O)C(O)C1O)C(O)/C=C/CCCCCCCCCCCCCCCCCCCCCCCCCC. The van der Waals surface area contributed by atoms with E-state index in [-0.39, 0.29) is 12.5 Å². The Labute approximate surface area is 531 Å². The minimum absolute atomic E-state index is 0.173. The highest BCUT2D eigenvalue weighted by atomic mass is 16.7. The number of rotatable bonds is 64. The van der Waals surface area contributed by atoms with Crippen molar-refractivity contribution in [3.8, 4) is 0 Å². The lowest BCUT2D eigenvalue weighted by Gasteiger charge is -2.40. The molecule has 1 amide bonds. The molecule has 7 unspecified atom stereocenters. The van der Waals surface area contributed by atoms with Gasteiger partial charge in [0.2, 0.25) is 5.91 Å². The maximum atomic E-state index is 13.1. The van der Waals surface area contributed by atoms with Gasteiger partial charge in [-0.1, -0.05) is 349 Å². The Bertz CT molecular complexity index is 1640. The van der Waals surface area contributed by atoms with Crippen LogP contribution in [0.25, 0.3) is 0 Å². The van der Waals surface area contributed by atoms with Crippen LogP contribution in [0.2, 0.25) is 0 Å². The Hall–Kier alpha value is -2.63. The van der Waals surface area contributed by atoms with Crippen molar-refractivity contribution in [1.82, 2.24) is 5.32 Å². The van der Waals surface area contributed by atoms with Crippen LogP contribution in [0.15, 0.2) is 85.1 Å².